The molecule has 132 valence electrons. The van der Waals surface area contributed by atoms with Crippen molar-refractivity contribution in [2.45, 2.75) is 25.4 Å². The fraction of sp³-hybridized carbons (Fsp3) is 0.400. The van der Waals surface area contributed by atoms with Gasteiger partial charge in [-0.3, -0.25) is 9.78 Å². The van der Waals surface area contributed by atoms with Crippen molar-refractivity contribution in [2.24, 2.45) is 0 Å². The number of amides is 1. The molecule has 5 heteroatoms. The molecule has 25 heavy (non-hydrogen) atoms. The monoisotopic (exact) mass is 340 g/mol. The molecular weight excluding hydrogens is 316 g/mol. The van der Waals surface area contributed by atoms with E-state index in [1.165, 1.54) is 0 Å². The first-order valence-electron chi connectivity index (χ1n) is 8.56. The minimum atomic E-state index is -0.485. The van der Waals surface area contributed by atoms with Gasteiger partial charge in [-0.2, -0.15) is 0 Å². The number of ether oxygens (including phenoxy) is 2. The van der Waals surface area contributed by atoms with Gasteiger partial charge in [0.25, 0.3) is 5.91 Å². The van der Waals surface area contributed by atoms with Gasteiger partial charge in [0.1, 0.15) is 18.0 Å². The number of aromatic nitrogens is 1. The van der Waals surface area contributed by atoms with Crippen molar-refractivity contribution in [2.75, 3.05) is 26.8 Å². The van der Waals surface area contributed by atoms with Crippen molar-refractivity contribution in [3.05, 3.63) is 59.9 Å². The van der Waals surface area contributed by atoms with Crippen LogP contribution < -0.4 is 4.74 Å². The predicted octanol–water partition coefficient (Wildman–Crippen LogP) is 3.09. The van der Waals surface area contributed by atoms with Gasteiger partial charge in [-0.25, -0.2) is 0 Å². The van der Waals surface area contributed by atoms with E-state index in [9.17, 15) is 4.79 Å². The third kappa shape index (κ3) is 4.17. The molecule has 0 aliphatic carbocycles. The summed E-state index contributed by atoms with van der Waals surface area (Å²) in [7, 11) is 1.69. The summed E-state index contributed by atoms with van der Waals surface area (Å²) in [5.41, 5.74) is 1.12. The van der Waals surface area contributed by atoms with Crippen molar-refractivity contribution in [3.63, 3.8) is 0 Å². The highest BCUT2D eigenvalue weighted by Gasteiger charge is 2.38. The fourth-order valence-electron chi connectivity index (χ4n) is 3.20. The zero-order chi connectivity index (χ0) is 17.7. The van der Waals surface area contributed by atoms with Crippen LogP contribution in [0.4, 0.5) is 0 Å². The number of pyridine rings is 1. The zero-order valence-corrected chi connectivity index (χ0v) is 14.8. The van der Waals surface area contributed by atoms with Gasteiger partial charge >= 0.3 is 0 Å². The van der Waals surface area contributed by atoms with E-state index in [-0.39, 0.29) is 5.91 Å². The number of hydrogen-bond donors (Lipinski definition) is 0. The zero-order valence-electron chi connectivity index (χ0n) is 14.8. The van der Waals surface area contributed by atoms with E-state index < -0.39 is 5.60 Å². The van der Waals surface area contributed by atoms with Crippen LogP contribution in [-0.4, -0.2) is 48.2 Å². The lowest BCUT2D eigenvalue weighted by Crippen LogP contribution is -2.54. The van der Waals surface area contributed by atoms with Gasteiger partial charge in [-0.15, -0.1) is 0 Å². The Morgan fingerprint density at radius 1 is 1.28 bits per heavy atom. The second-order valence-corrected chi connectivity index (χ2v) is 6.57. The summed E-state index contributed by atoms with van der Waals surface area (Å²) in [6.07, 6.45) is 5.13. The fourth-order valence-corrected chi connectivity index (χ4v) is 3.20. The molecule has 1 fully saturated rings. The number of hydrogen-bond acceptors (Lipinski definition) is 4. The molecule has 0 N–H and O–H groups in total. The van der Waals surface area contributed by atoms with E-state index >= 15 is 0 Å². The Balaban J connectivity index is 1.70. The average molecular weight is 340 g/mol. The highest BCUT2D eigenvalue weighted by molar-refractivity contribution is 5.94. The minimum absolute atomic E-state index is 0.00274. The van der Waals surface area contributed by atoms with Gasteiger partial charge in [0.2, 0.25) is 0 Å². The molecule has 1 aliphatic rings. The van der Waals surface area contributed by atoms with E-state index in [4.69, 9.17) is 9.47 Å². The Morgan fingerprint density at radius 2 is 2.08 bits per heavy atom. The average Bonchev–Trinajstić information content (AvgIpc) is 2.67. The van der Waals surface area contributed by atoms with Crippen molar-refractivity contribution >= 4 is 5.91 Å². The molecule has 2 heterocycles. The smallest absolute Gasteiger partial charge is 0.255 e. The minimum Gasteiger partial charge on any atom is -0.491 e. The summed E-state index contributed by atoms with van der Waals surface area (Å²) in [5, 5.41) is 0. The van der Waals surface area contributed by atoms with E-state index in [2.05, 4.69) is 4.98 Å². The van der Waals surface area contributed by atoms with Gasteiger partial charge < -0.3 is 14.4 Å². The van der Waals surface area contributed by atoms with Crippen molar-refractivity contribution in [1.29, 1.82) is 0 Å². The molecule has 1 aliphatic heterocycles. The van der Waals surface area contributed by atoms with Crippen molar-refractivity contribution in [3.8, 4) is 5.75 Å². The summed E-state index contributed by atoms with van der Waals surface area (Å²) < 4.78 is 11.7. The number of nitrogens with zero attached hydrogens (tertiary/aromatic N) is 2. The Kier molecular flexibility index (Phi) is 5.34. The van der Waals surface area contributed by atoms with Crippen LogP contribution in [0.15, 0.2) is 48.8 Å². The van der Waals surface area contributed by atoms with E-state index in [1.807, 2.05) is 48.2 Å². The molecule has 0 radical (unpaired) electrons. The third-order valence-corrected chi connectivity index (χ3v) is 4.63. The molecule has 0 bridgehead atoms. The van der Waals surface area contributed by atoms with Crippen LogP contribution in [0.25, 0.3) is 0 Å². The molecule has 5 nitrogen and oxygen atoms in total. The summed E-state index contributed by atoms with van der Waals surface area (Å²) in [6.45, 7) is 3.60. The molecule has 1 atom stereocenters. The lowest BCUT2D eigenvalue weighted by Gasteiger charge is -2.41. The SMILES string of the molecule is COC1(COc2ccccc2)CCCN(C(=O)c2cncc(C)c2)C1. The first-order valence-corrected chi connectivity index (χ1v) is 8.56. The highest BCUT2D eigenvalue weighted by atomic mass is 16.5. The first-order chi connectivity index (χ1) is 12.1. The van der Waals surface area contributed by atoms with Gasteiger partial charge in [0.15, 0.2) is 0 Å². The maximum atomic E-state index is 12.8. The van der Waals surface area contributed by atoms with Crippen LogP contribution in [0.5, 0.6) is 5.75 Å². The number of carbonyl (C=O) groups excluding carboxylic acids is 1. The van der Waals surface area contributed by atoms with Crippen molar-refractivity contribution in [1.82, 2.24) is 9.88 Å². The number of likely N-dealkylation sites (tertiary alicyclic amines) is 1. The molecule has 1 amide bonds. The van der Waals surface area contributed by atoms with E-state index in [1.54, 1.807) is 19.5 Å². The molecular formula is C20H24N2O3. The standard InChI is InChI=1S/C20H24N2O3/c1-16-11-17(13-21-12-16)19(23)22-10-6-9-20(14-22,24-2)15-25-18-7-4-3-5-8-18/h3-5,7-8,11-13H,6,9-10,14-15H2,1-2H3. The summed E-state index contributed by atoms with van der Waals surface area (Å²) in [6, 6.07) is 11.6. The number of piperidine rings is 1. The Labute approximate surface area is 148 Å². The van der Waals surface area contributed by atoms with Crippen LogP contribution in [-0.2, 0) is 4.74 Å². The van der Waals surface area contributed by atoms with E-state index in [0.29, 0.717) is 18.7 Å². The van der Waals surface area contributed by atoms with Crippen LogP contribution in [0, 0.1) is 6.92 Å². The molecule has 2 aromatic rings. The second-order valence-electron chi connectivity index (χ2n) is 6.57. The van der Waals surface area contributed by atoms with Gasteiger partial charge in [0.05, 0.1) is 12.1 Å². The maximum Gasteiger partial charge on any atom is 0.255 e. The quantitative estimate of drug-likeness (QED) is 0.839. The van der Waals surface area contributed by atoms with Gasteiger partial charge in [0, 0.05) is 26.0 Å². The number of benzene rings is 1. The normalized spacial score (nSPS) is 20.3. The van der Waals surface area contributed by atoms with Crippen molar-refractivity contribution < 1.29 is 14.3 Å². The van der Waals surface area contributed by atoms with Gasteiger partial charge in [-0.05, 0) is 43.5 Å². The number of para-hydroxylation sites is 1. The summed E-state index contributed by atoms with van der Waals surface area (Å²) in [4.78, 5) is 18.8. The summed E-state index contributed by atoms with van der Waals surface area (Å²) in [5.74, 6) is 0.808. The molecule has 3 rings (SSSR count). The maximum absolute atomic E-state index is 12.8. The Bertz CT molecular complexity index is 720. The summed E-state index contributed by atoms with van der Waals surface area (Å²) >= 11 is 0. The second kappa shape index (κ2) is 7.66. The molecule has 1 unspecified atom stereocenters. The molecule has 0 spiro atoms. The molecule has 0 saturated carbocycles. The molecule has 1 aromatic heterocycles. The van der Waals surface area contributed by atoms with Crippen LogP contribution in [0.3, 0.4) is 0 Å². The topological polar surface area (TPSA) is 51.7 Å². The number of methoxy groups -OCH3 is 1. The number of rotatable bonds is 5. The number of aryl methyl sites for hydroxylation is 1. The molecule has 1 saturated heterocycles. The predicted molar refractivity (Wildman–Crippen MR) is 95.8 cm³/mol. The lowest BCUT2D eigenvalue weighted by atomic mass is 9.92. The Hall–Kier alpha value is -2.40. The van der Waals surface area contributed by atoms with Crippen LogP contribution in [0.2, 0.25) is 0 Å². The van der Waals surface area contributed by atoms with E-state index in [0.717, 1.165) is 30.7 Å². The van der Waals surface area contributed by atoms with Crippen LogP contribution in [0.1, 0.15) is 28.8 Å². The molecule has 1 aromatic carbocycles. The van der Waals surface area contributed by atoms with Crippen LogP contribution >= 0.6 is 0 Å². The number of carbonyl (C=O) groups is 1. The largest absolute Gasteiger partial charge is 0.491 e. The lowest BCUT2D eigenvalue weighted by molar-refractivity contribution is -0.0824. The Morgan fingerprint density at radius 3 is 2.80 bits per heavy atom. The van der Waals surface area contributed by atoms with Gasteiger partial charge in [-0.1, -0.05) is 18.2 Å². The first kappa shape index (κ1) is 17.4. The third-order valence-electron chi connectivity index (χ3n) is 4.63. The highest BCUT2D eigenvalue weighted by Crippen LogP contribution is 2.27.